The van der Waals surface area contributed by atoms with Crippen LogP contribution in [0, 0.1) is 0 Å². The Hall–Kier alpha value is -3.39. The number of imidazole rings is 1. The molecule has 0 spiro atoms. The van der Waals surface area contributed by atoms with Gasteiger partial charge in [0.2, 0.25) is 0 Å². The Labute approximate surface area is 160 Å². The van der Waals surface area contributed by atoms with Crippen LogP contribution in [0.25, 0.3) is 6.08 Å². The molecule has 0 aliphatic rings. The normalized spacial score (nSPS) is 11.7. The molecule has 132 valence electrons. The van der Waals surface area contributed by atoms with E-state index in [2.05, 4.69) is 113 Å². The van der Waals surface area contributed by atoms with E-state index in [-0.39, 0.29) is 0 Å². The van der Waals surface area contributed by atoms with E-state index in [1.807, 2.05) is 19.2 Å². The number of rotatable bonds is 5. The zero-order valence-electron chi connectivity index (χ0n) is 15.4. The minimum Gasteiger partial charge on any atom is -0.313 e. The molecule has 0 saturated heterocycles. The smallest absolute Gasteiger partial charge is 0.133 e. The van der Waals surface area contributed by atoms with Crippen molar-refractivity contribution in [2.24, 2.45) is 0 Å². The van der Waals surface area contributed by atoms with E-state index in [1.165, 1.54) is 16.7 Å². The number of allylic oxidation sites excluding steroid dienone is 1. The summed E-state index contributed by atoms with van der Waals surface area (Å²) in [5, 5.41) is 0. The highest BCUT2D eigenvalue weighted by molar-refractivity contribution is 5.53. The number of aromatic nitrogens is 2. The van der Waals surface area contributed by atoms with Crippen molar-refractivity contribution in [3.8, 4) is 0 Å². The molecule has 2 nitrogen and oxygen atoms in total. The summed E-state index contributed by atoms with van der Waals surface area (Å²) in [5.41, 5.74) is 3.10. The van der Waals surface area contributed by atoms with Gasteiger partial charge in [0.1, 0.15) is 11.4 Å². The highest BCUT2D eigenvalue weighted by Gasteiger charge is 2.39. The molecule has 1 heterocycles. The predicted molar refractivity (Wildman–Crippen MR) is 112 cm³/mol. The zero-order valence-corrected chi connectivity index (χ0v) is 15.4. The van der Waals surface area contributed by atoms with E-state index >= 15 is 0 Å². The fourth-order valence-corrected chi connectivity index (χ4v) is 3.83. The molecule has 4 aromatic rings. The van der Waals surface area contributed by atoms with Crippen LogP contribution in [0.2, 0.25) is 0 Å². The van der Waals surface area contributed by atoms with Crippen molar-refractivity contribution >= 4 is 6.08 Å². The average Bonchev–Trinajstić information content (AvgIpc) is 3.20. The van der Waals surface area contributed by atoms with Crippen LogP contribution < -0.4 is 0 Å². The summed E-state index contributed by atoms with van der Waals surface area (Å²) in [6, 6.07) is 31.9. The zero-order chi connectivity index (χ0) is 18.5. The highest BCUT2D eigenvalue weighted by atomic mass is 15.1. The maximum absolute atomic E-state index is 4.62. The molecule has 1 aromatic heterocycles. The van der Waals surface area contributed by atoms with Crippen LogP contribution in [0.3, 0.4) is 0 Å². The van der Waals surface area contributed by atoms with Gasteiger partial charge in [-0.1, -0.05) is 97.1 Å². The van der Waals surface area contributed by atoms with Crippen LogP contribution in [-0.4, -0.2) is 9.55 Å². The van der Waals surface area contributed by atoms with Crippen LogP contribution in [0.15, 0.2) is 109 Å². The lowest BCUT2D eigenvalue weighted by molar-refractivity contribution is 0.511. The van der Waals surface area contributed by atoms with E-state index in [0.717, 1.165) is 5.82 Å². The van der Waals surface area contributed by atoms with Gasteiger partial charge < -0.3 is 4.57 Å². The Kier molecular flexibility index (Phi) is 4.71. The third-order valence-corrected chi connectivity index (χ3v) is 4.92. The molecule has 0 fully saturated rings. The van der Waals surface area contributed by atoms with Gasteiger partial charge in [-0.25, -0.2) is 4.98 Å². The summed E-state index contributed by atoms with van der Waals surface area (Å²) in [6.07, 6.45) is 8.04. The van der Waals surface area contributed by atoms with Crippen molar-refractivity contribution in [3.05, 3.63) is 132 Å². The molecular weight excluding hydrogens is 328 g/mol. The van der Waals surface area contributed by atoms with Gasteiger partial charge in [0.15, 0.2) is 0 Å². The molecule has 0 unspecified atom stereocenters. The molecule has 0 amide bonds. The fraction of sp³-hybridized carbons (Fsp3) is 0.0800. The molecule has 3 aromatic carbocycles. The van der Waals surface area contributed by atoms with Crippen LogP contribution in [0.5, 0.6) is 0 Å². The van der Waals surface area contributed by atoms with Gasteiger partial charge in [0.05, 0.1) is 0 Å². The lowest BCUT2D eigenvalue weighted by atomic mass is 9.76. The van der Waals surface area contributed by atoms with Crippen LogP contribution in [-0.2, 0) is 5.54 Å². The molecule has 0 N–H and O–H groups in total. The van der Waals surface area contributed by atoms with Crippen molar-refractivity contribution in [1.29, 1.82) is 0 Å². The lowest BCUT2D eigenvalue weighted by Crippen LogP contribution is -2.38. The SMILES string of the molecule is CC=Cc1nccn1C(c1ccccc1)(c1ccccc1)c1ccccc1. The molecule has 0 radical (unpaired) electrons. The topological polar surface area (TPSA) is 17.8 Å². The second kappa shape index (κ2) is 7.46. The standard InChI is InChI=1S/C25H22N2/c1-2-12-24-26-19-20-27(24)25(21-13-6-3-7-14-21,22-15-8-4-9-16-22)23-17-10-5-11-18-23/h2-20H,1H3. The summed E-state index contributed by atoms with van der Waals surface area (Å²) in [5.74, 6) is 0.925. The van der Waals surface area contributed by atoms with Gasteiger partial charge in [-0.05, 0) is 29.7 Å². The second-order valence-electron chi connectivity index (χ2n) is 6.46. The first-order valence-electron chi connectivity index (χ1n) is 9.20. The predicted octanol–water partition coefficient (Wildman–Crippen LogP) is 5.76. The van der Waals surface area contributed by atoms with Gasteiger partial charge in [-0.15, -0.1) is 0 Å². The number of nitrogens with zero attached hydrogens (tertiary/aromatic N) is 2. The van der Waals surface area contributed by atoms with E-state index in [4.69, 9.17) is 0 Å². The molecule has 27 heavy (non-hydrogen) atoms. The third-order valence-electron chi connectivity index (χ3n) is 4.92. The maximum atomic E-state index is 4.62. The fourth-order valence-electron chi connectivity index (χ4n) is 3.83. The Balaban J connectivity index is 2.15. The molecule has 0 bridgehead atoms. The number of hydrogen-bond donors (Lipinski definition) is 0. The third kappa shape index (κ3) is 2.89. The summed E-state index contributed by atoms with van der Waals surface area (Å²) >= 11 is 0. The summed E-state index contributed by atoms with van der Waals surface area (Å²) in [7, 11) is 0. The lowest BCUT2D eigenvalue weighted by Gasteiger charge is -2.38. The van der Waals surface area contributed by atoms with Gasteiger partial charge in [0.25, 0.3) is 0 Å². The summed E-state index contributed by atoms with van der Waals surface area (Å²) in [4.78, 5) is 4.62. The van der Waals surface area contributed by atoms with Gasteiger partial charge in [-0.3, -0.25) is 0 Å². The van der Waals surface area contributed by atoms with Crippen molar-refractivity contribution < 1.29 is 0 Å². The van der Waals surface area contributed by atoms with E-state index in [0.29, 0.717) is 0 Å². The Morgan fingerprint density at radius 3 is 1.56 bits per heavy atom. The van der Waals surface area contributed by atoms with Crippen LogP contribution in [0.4, 0.5) is 0 Å². The molecule has 4 rings (SSSR count). The summed E-state index contributed by atoms with van der Waals surface area (Å²) < 4.78 is 2.27. The molecule has 0 atom stereocenters. The molecule has 0 saturated carbocycles. The molecule has 2 heteroatoms. The van der Waals surface area contributed by atoms with Crippen LogP contribution in [0.1, 0.15) is 29.4 Å². The van der Waals surface area contributed by atoms with Gasteiger partial charge >= 0.3 is 0 Å². The second-order valence-corrected chi connectivity index (χ2v) is 6.46. The Morgan fingerprint density at radius 1 is 0.704 bits per heavy atom. The van der Waals surface area contributed by atoms with Crippen molar-refractivity contribution in [2.75, 3.05) is 0 Å². The van der Waals surface area contributed by atoms with Crippen molar-refractivity contribution in [1.82, 2.24) is 9.55 Å². The first-order valence-corrected chi connectivity index (χ1v) is 9.20. The number of benzene rings is 3. The van der Waals surface area contributed by atoms with Crippen molar-refractivity contribution in [3.63, 3.8) is 0 Å². The first kappa shape index (κ1) is 17.0. The first-order chi connectivity index (χ1) is 13.4. The Morgan fingerprint density at radius 2 is 1.15 bits per heavy atom. The quantitative estimate of drug-likeness (QED) is 0.419. The average molecular weight is 350 g/mol. The summed E-state index contributed by atoms with van der Waals surface area (Å²) in [6.45, 7) is 2.02. The van der Waals surface area contributed by atoms with Gasteiger partial charge in [-0.2, -0.15) is 0 Å². The highest BCUT2D eigenvalue weighted by Crippen LogP contribution is 2.41. The molecule has 0 aliphatic carbocycles. The largest absolute Gasteiger partial charge is 0.313 e. The minimum atomic E-state index is -0.505. The van der Waals surface area contributed by atoms with E-state index in [1.54, 1.807) is 0 Å². The molecular formula is C25H22N2. The van der Waals surface area contributed by atoms with E-state index in [9.17, 15) is 0 Å². The molecule has 0 aliphatic heterocycles. The minimum absolute atomic E-state index is 0.505. The number of hydrogen-bond acceptors (Lipinski definition) is 1. The maximum Gasteiger partial charge on any atom is 0.133 e. The Bertz CT molecular complexity index is 919. The monoisotopic (exact) mass is 350 g/mol. The van der Waals surface area contributed by atoms with Crippen molar-refractivity contribution in [2.45, 2.75) is 12.5 Å². The van der Waals surface area contributed by atoms with Crippen LogP contribution >= 0.6 is 0 Å². The van der Waals surface area contributed by atoms with E-state index < -0.39 is 5.54 Å². The van der Waals surface area contributed by atoms with Gasteiger partial charge in [0, 0.05) is 12.4 Å².